The summed E-state index contributed by atoms with van der Waals surface area (Å²) in [5.41, 5.74) is 0. The van der Waals surface area contributed by atoms with E-state index in [0.717, 1.165) is 32.0 Å². The summed E-state index contributed by atoms with van der Waals surface area (Å²) in [6.45, 7) is 3.01. The first-order chi connectivity index (χ1) is 9.69. The van der Waals surface area contributed by atoms with Crippen LogP contribution in [0, 0.1) is 23.7 Å². The Bertz CT molecular complexity index is 331. The van der Waals surface area contributed by atoms with Gasteiger partial charge in [-0.25, -0.2) is 0 Å². The number of aliphatic hydroxyl groups excluding tert-OH is 2. The van der Waals surface area contributed by atoms with E-state index in [2.05, 4.69) is 18.8 Å². The molecule has 0 spiro atoms. The van der Waals surface area contributed by atoms with Crippen molar-refractivity contribution in [1.29, 1.82) is 0 Å². The van der Waals surface area contributed by atoms with Gasteiger partial charge in [0.25, 0.3) is 0 Å². The Labute approximate surface area is 121 Å². The Morgan fingerprint density at radius 3 is 2.90 bits per heavy atom. The van der Waals surface area contributed by atoms with E-state index in [4.69, 9.17) is 4.74 Å². The van der Waals surface area contributed by atoms with Gasteiger partial charge in [-0.1, -0.05) is 31.6 Å². The normalized spacial score (nSPS) is 26.9. The third kappa shape index (κ3) is 6.04. The lowest BCUT2D eigenvalue weighted by Gasteiger charge is -2.15. The quantitative estimate of drug-likeness (QED) is 0.402. The molecule has 0 heterocycles. The maximum Gasteiger partial charge on any atom is 0.137 e. The summed E-state index contributed by atoms with van der Waals surface area (Å²) in [6, 6.07) is 0. The number of aldehydes is 1. The number of ether oxygens (including phenoxy) is 1. The van der Waals surface area contributed by atoms with Gasteiger partial charge in [-0.2, -0.15) is 0 Å². The van der Waals surface area contributed by atoms with Crippen LogP contribution in [0.5, 0.6) is 0 Å². The maximum absolute atomic E-state index is 10.6. The van der Waals surface area contributed by atoms with Crippen LogP contribution in [-0.4, -0.2) is 41.9 Å². The van der Waals surface area contributed by atoms with Crippen molar-refractivity contribution in [2.45, 2.75) is 57.7 Å². The molecule has 0 aromatic heterocycles. The molecule has 1 saturated carbocycles. The lowest BCUT2D eigenvalue weighted by molar-refractivity contribution is -0.109. The van der Waals surface area contributed by atoms with Crippen LogP contribution in [0.15, 0.2) is 0 Å². The van der Waals surface area contributed by atoms with Crippen LogP contribution in [0.2, 0.25) is 0 Å². The van der Waals surface area contributed by atoms with Gasteiger partial charge in [0.05, 0.1) is 12.7 Å². The summed E-state index contributed by atoms with van der Waals surface area (Å²) in [7, 11) is 0. The van der Waals surface area contributed by atoms with Gasteiger partial charge < -0.3 is 19.7 Å². The molecule has 4 nitrogen and oxygen atoms in total. The van der Waals surface area contributed by atoms with Crippen LogP contribution in [0.25, 0.3) is 0 Å². The minimum Gasteiger partial charge on any atom is -0.393 e. The van der Waals surface area contributed by atoms with E-state index in [1.807, 2.05) is 0 Å². The predicted octanol–water partition coefficient (Wildman–Crippen LogP) is 1.53. The first kappa shape index (κ1) is 17.2. The molecule has 0 amide bonds. The Kier molecular flexibility index (Phi) is 8.52. The second-order valence-corrected chi connectivity index (χ2v) is 5.40. The summed E-state index contributed by atoms with van der Waals surface area (Å²) >= 11 is 0. The maximum atomic E-state index is 10.6. The zero-order valence-corrected chi connectivity index (χ0v) is 12.3. The van der Waals surface area contributed by atoms with Crippen molar-refractivity contribution in [2.24, 2.45) is 11.8 Å². The fourth-order valence-corrected chi connectivity index (χ4v) is 2.55. The largest absolute Gasteiger partial charge is 0.393 e. The molecule has 4 atom stereocenters. The van der Waals surface area contributed by atoms with Gasteiger partial charge in [-0.05, 0) is 19.3 Å². The average Bonchev–Trinajstić information content (AvgIpc) is 2.78. The first-order valence-corrected chi connectivity index (χ1v) is 7.57. The van der Waals surface area contributed by atoms with Gasteiger partial charge in [-0.3, -0.25) is 0 Å². The van der Waals surface area contributed by atoms with E-state index < -0.39 is 12.2 Å². The van der Waals surface area contributed by atoms with Crippen LogP contribution in [0.4, 0.5) is 0 Å². The van der Waals surface area contributed by atoms with Crippen LogP contribution in [-0.2, 0) is 9.53 Å². The third-order valence-electron chi connectivity index (χ3n) is 3.76. The van der Waals surface area contributed by atoms with Crippen molar-refractivity contribution in [2.75, 3.05) is 13.2 Å². The van der Waals surface area contributed by atoms with E-state index in [-0.39, 0.29) is 18.4 Å². The number of unbranched alkanes of at least 4 members (excludes halogenated alkanes) is 2. The van der Waals surface area contributed by atoms with E-state index in [0.29, 0.717) is 19.4 Å². The van der Waals surface area contributed by atoms with Gasteiger partial charge >= 0.3 is 0 Å². The summed E-state index contributed by atoms with van der Waals surface area (Å²) < 4.78 is 5.35. The Morgan fingerprint density at radius 1 is 1.40 bits per heavy atom. The predicted molar refractivity (Wildman–Crippen MR) is 77.0 cm³/mol. The fourth-order valence-electron chi connectivity index (χ4n) is 2.55. The molecule has 0 aromatic rings. The molecule has 1 rings (SSSR count). The monoisotopic (exact) mass is 282 g/mol. The van der Waals surface area contributed by atoms with Crippen LogP contribution in [0.1, 0.15) is 45.4 Å². The molecule has 1 unspecified atom stereocenters. The van der Waals surface area contributed by atoms with Crippen LogP contribution in [0.3, 0.4) is 0 Å². The molecule has 0 saturated heterocycles. The molecule has 0 aliphatic heterocycles. The van der Waals surface area contributed by atoms with Gasteiger partial charge in [0.1, 0.15) is 12.4 Å². The molecule has 2 N–H and O–H groups in total. The summed E-state index contributed by atoms with van der Waals surface area (Å²) in [5.74, 6) is 5.70. The average molecular weight is 282 g/mol. The minimum absolute atomic E-state index is 0.00458. The lowest BCUT2D eigenvalue weighted by Crippen LogP contribution is -2.19. The third-order valence-corrected chi connectivity index (χ3v) is 3.76. The van der Waals surface area contributed by atoms with Crippen molar-refractivity contribution < 1.29 is 19.7 Å². The molecule has 0 aromatic carbocycles. The van der Waals surface area contributed by atoms with Crippen LogP contribution >= 0.6 is 0 Å². The highest BCUT2D eigenvalue weighted by Gasteiger charge is 2.33. The van der Waals surface area contributed by atoms with Gasteiger partial charge in [-0.15, -0.1) is 0 Å². The molecule has 1 fully saturated rings. The van der Waals surface area contributed by atoms with E-state index in [9.17, 15) is 15.0 Å². The van der Waals surface area contributed by atoms with E-state index >= 15 is 0 Å². The van der Waals surface area contributed by atoms with E-state index in [1.54, 1.807) is 0 Å². The van der Waals surface area contributed by atoms with Gasteiger partial charge in [0.15, 0.2) is 0 Å². The molecule has 114 valence electrons. The number of hydrogen-bond donors (Lipinski definition) is 2. The molecular formula is C16H26O4. The zero-order chi connectivity index (χ0) is 14.8. The molecular weight excluding hydrogens is 256 g/mol. The van der Waals surface area contributed by atoms with Crippen molar-refractivity contribution in [3.63, 3.8) is 0 Å². The fraction of sp³-hybridized carbons (Fsp3) is 0.812. The Balaban J connectivity index is 2.30. The molecule has 1 aliphatic rings. The van der Waals surface area contributed by atoms with Gasteiger partial charge in [0, 0.05) is 24.9 Å². The lowest BCUT2D eigenvalue weighted by atomic mass is 9.92. The zero-order valence-electron chi connectivity index (χ0n) is 12.3. The molecule has 0 bridgehead atoms. The summed E-state index contributed by atoms with van der Waals surface area (Å²) in [5, 5.41) is 19.5. The number of aliphatic hydroxyl groups is 2. The molecule has 4 heteroatoms. The SMILES string of the molecule is CCCCCOCC(O)C#C[C@H]1CC[C@H](O)[C@@H]1CC=O. The standard InChI is InChI=1S/C16H26O4/c1-2-3-4-11-20-12-14(18)7-5-13-6-8-16(19)15(13)9-10-17/h10,13-16,18-19H,2-4,6,8-9,11-12H2,1H3/t13-,14?,15+,16-/m0/s1. The second-order valence-electron chi connectivity index (χ2n) is 5.40. The summed E-state index contributed by atoms with van der Waals surface area (Å²) in [4.78, 5) is 10.6. The van der Waals surface area contributed by atoms with Crippen molar-refractivity contribution in [3.8, 4) is 11.8 Å². The highest BCUT2D eigenvalue weighted by Crippen LogP contribution is 2.33. The molecule has 20 heavy (non-hydrogen) atoms. The number of carbonyl (C=O) groups excluding carboxylic acids is 1. The molecule has 1 aliphatic carbocycles. The summed E-state index contributed by atoms with van der Waals surface area (Å²) in [6.07, 6.45) is 4.70. The number of carbonyl (C=O) groups is 1. The van der Waals surface area contributed by atoms with Crippen molar-refractivity contribution in [1.82, 2.24) is 0 Å². The number of rotatable bonds is 8. The Hall–Kier alpha value is -0.890. The smallest absolute Gasteiger partial charge is 0.137 e. The number of hydrogen-bond acceptors (Lipinski definition) is 4. The topological polar surface area (TPSA) is 66.8 Å². The van der Waals surface area contributed by atoms with Crippen molar-refractivity contribution in [3.05, 3.63) is 0 Å². The van der Waals surface area contributed by atoms with Crippen molar-refractivity contribution >= 4 is 6.29 Å². The molecule has 0 radical (unpaired) electrons. The highest BCUT2D eigenvalue weighted by atomic mass is 16.5. The second kappa shape index (κ2) is 9.93. The highest BCUT2D eigenvalue weighted by molar-refractivity contribution is 5.50. The van der Waals surface area contributed by atoms with Gasteiger partial charge in [0.2, 0.25) is 0 Å². The minimum atomic E-state index is -0.786. The van der Waals surface area contributed by atoms with E-state index in [1.165, 1.54) is 0 Å². The van der Waals surface area contributed by atoms with Crippen LogP contribution < -0.4 is 0 Å². The first-order valence-electron chi connectivity index (χ1n) is 7.57. The Morgan fingerprint density at radius 2 is 2.20 bits per heavy atom.